The molecule has 1 aliphatic rings. The van der Waals surface area contributed by atoms with E-state index in [1.807, 2.05) is 6.92 Å². The van der Waals surface area contributed by atoms with Gasteiger partial charge in [0.1, 0.15) is 11.6 Å². The number of hydrogen-bond acceptors (Lipinski definition) is 3. The van der Waals surface area contributed by atoms with E-state index < -0.39 is 23.8 Å². The molecule has 3 amide bonds. The van der Waals surface area contributed by atoms with Crippen molar-refractivity contribution < 1.29 is 18.7 Å². The number of halogens is 1. The maximum Gasteiger partial charge on any atom is 0.319 e. The third kappa shape index (κ3) is 4.08. The highest BCUT2D eigenvalue weighted by Crippen LogP contribution is 2.29. The van der Waals surface area contributed by atoms with Gasteiger partial charge in [0.15, 0.2) is 0 Å². The molecule has 3 N–H and O–H groups in total. The summed E-state index contributed by atoms with van der Waals surface area (Å²) in [6.07, 6.45) is 0. The summed E-state index contributed by atoms with van der Waals surface area (Å²) in [7, 11) is 0. The molecular formula is C20H20FN3O3. The number of carbonyl (C=O) groups is 2. The topological polar surface area (TPSA) is 79.5 Å². The number of nitrogens with one attached hydrogen (secondary N) is 3. The van der Waals surface area contributed by atoms with E-state index in [1.54, 1.807) is 49.4 Å². The van der Waals surface area contributed by atoms with Crippen LogP contribution in [0, 0.1) is 5.82 Å². The van der Waals surface area contributed by atoms with Gasteiger partial charge in [-0.1, -0.05) is 18.2 Å². The molecule has 27 heavy (non-hydrogen) atoms. The SMILES string of the molecule is CCOc1ccc(NC(=O)C2=C(C)NC(=O)N[C@H]2c2ccccc2F)cc1. The van der Waals surface area contributed by atoms with Gasteiger partial charge in [-0.15, -0.1) is 0 Å². The summed E-state index contributed by atoms with van der Waals surface area (Å²) in [4.78, 5) is 24.7. The predicted octanol–water partition coefficient (Wildman–Crippen LogP) is 3.49. The first-order valence-electron chi connectivity index (χ1n) is 8.56. The quantitative estimate of drug-likeness (QED) is 0.755. The molecule has 0 spiro atoms. The summed E-state index contributed by atoms with van der Waals surface area (Å²) in [5, 5.41) is 7.96. The van der Waals surface area contributed by atoms with Crippen molar-refractivity contribution in [3.63, 3.8) is 0 Å². The lowest BCUT2D eigenvalue weighted by atomic mass is 9.94. The van der Waals surface area contributed by atoms with Crippen molar-refractivity contribution in [1.29, 1.82) is 0 Å². The van der Waals surface area contributed by atoms with Crippen LogP contribution in [0.3, 0.4) is 0 Å². The molecule has 1 atom stereocenters. The molecule has 6 nitrogen and oxygen atoms in total. The fourth-order valence-electron chi connectivity index (χ4n) is 2.94. The molecule has 0 bridgehead atoms. The first-order valence-corrected chi connectivity index (χ1v) is 8.56. The van der Waals surface area contributed by atoms with Gasteiger partial charge < -0.3 is 20.7 Å². The zero-order valence-electron chi connectivity index (χ0n) is 15.0. The number of anilines is 1. The van der Waals surface area contributed by atoms with Crippen LogP contribution in [0.2, 0.25) is 0 Å². The summed E-state index contributed by atoms with van der Waals surface area (Å²) in [5.74, 6) is -0.233. The van der Waals surface area contributed by atoms with Crippen LogP contribution in [-0.4, -0.2) is 18.5 Å². The fraction of sp³-hybridized carbons (Fsp3) is 0.200. The second-order valence-electron chi connectivity index (χ2n) is 6.00. The maximum absolute atomic E-state index is 14.3. The molecule has 2 aromatic rings. The van der Waals surface area contributed by atoms with Gasteiger partial charge in [-0.3, -0.25) is 4.79 Å². The van der Waals surface area contributed by atoms with Gasteiger partial charge in [0.05, 0.1) is 18.2 Å². The van der Waals surface area contributed by atoms with E-state index >= 15 is 0 Å². The predicted molar refractivity (Wildman–Crippen MR) is 99.7 cm³/mol. The van der Waals surface area contributed by atoms with Crippen LogP contribution in [0.4, 0.5) is 14.9 Å². The third-order valence-electron chi connectivity index (χ3n) is 4.15. The third-order valence-corrected chi connectivity index (χ3v) is 4.15. The molecule has 1 heterocycles. The Balaban J connectivity index is 1.88. The summed E-state index contributed by atoms with van der Waals surface area (Å²) in [5.41, 5.74) is 1.40. The normalized spacial score (nSPS) is 16.4. The number of allylic oxidation sites excluding steroid dienone is 1. The molecule has 0 aromatic heterocycles. The molecule has 0 saturated carbocycles. The Bertz CT molecular complexity index is 894. The minimum Gasteiger partial charge on any atom is -0.494 e. The van der Waals surface area contributed by atoms with Crippen molar-refractivity contribution in [2.75, 3.05) is 11.9 Å². The number of rotatable bonds is 5. The highest BCUT2D eigenvalue weighted by atomic mass is 19.1. The number of hydrogen-bond donors (Lipinski definition) is 3. The first-order chi connectivity index (χ1) is 13.0. The summed E-state index contributed by atoms with van der Waals surface area (Å²) < 4.78 is 19.6. The zero-order chi connectivity index (χ0) is 19.4. The first kappa shape index (κ1) is 18.4. The van der Waals surface area contributed by atoms with E-state index in [4.69, 9.17) is 4.74 Å². The molecular weight excluding hydrogens is 349 g/mol. The van der Waals surface area contributed by atoms with E-state index in [0.717, 1.165) is 0 Å². The summed E-state index contributed by atoms with van der Waals surface area (Å²) in [6, 6.07) is 11.6. The lowest BCUT2D eigenvalue weighted by Gasteiger charge is -2.28. The molecule has 0 aliphatic carbocycles. The Hall–Kier alpha value is -3.35. The van der Waals surface area contributed by atoms with Crippen LogP contribution in [0.25, 0.3) is 0 Å². The largest absolute Gasteiger partial charge is 0.494 e. The van der Waals surface area contributed by atoms with Crippen molar-refractivity contribution in [2.45, 2.75) is 19.9 Å². The number of urea groups is 1. The van der Waals surface area contributed by atoms with Gasteiger partial charge >= 0.3 is 6.03 Å². The second-order valence-corrected chi connectivity index (χ2v) is 6.00. The van der Waals surface area contributed by atoms with Gasteiger partial charge in [0, 0.05) is 16.9 Å². The van der Waals surface area contributed by atoms with Crippen molar-refractivity contribution in [3.05, 3.63) is 71.2 Å². The lowest BCUT2D eigenvalue weighted by molar-refractivity contribution is -0.113. The average molecular weight is 369 g/mol. The Morgan fingerprint density at radius 3 is 2.56 bits per heavy atom. The van der Waals surface area contributed by atoms with Gasteiger partial charge in [-0.25, -0.2) is 9.18 Å². The number of ether oxygens (including phenoxy) is 1. The second kappa shape index (κ2) is 7.90. The smallest absolute Gasteiger partial charge is 0.319 e. The van der Waals surface area contributed by atoms with Crippen LogP contribution >= 0.6 is 0 Å². The van der Waals surface area contributed by atoms with Crippen LogP contribution in [0.5, 0.6) is 5.75 Å². The number of amides is 3. The number of carbonyl (C=O) groups excluding carboxylic acids is 2. The highest BCUT2D eigenvalue weighted by Gasteiger charge is 2.32. The van der Waals surface area contributed by atoms with E-state index in [1.165, 1.54) is 6.07 Å². The number of benzene rings is 2. The maximum atomic E-state index is 14.3. The van der Waals surface area contributed by atoms with Crippen LogP contribution in [0.1, 0.15) is 25.5 Å². The van der Waals surface area contributed by atoms with Crippen molar-refractivity contribution >= 4 is 17.6 Å². The van der Waals surface area contributed by atoms with Gasteiger partial charge in [0.25, 0.3) is 5.91 Å². The van der Waals surface area contributed by atoms with Crippen LogP contribution < -0.4 is 20.7 Å². The average Bonchev–Trinajstić information content (AvgIpc) is 2.63. The van der Waals surface area contributed by atoms with Crippen molar-refractivity contribution in [2.24, 2.45) is 0 Å². The molecule has 140 valence electrons. The van der Waals surface area contributed by atoms with Crippen LogP contribution in [-0.2, 0) is 4.79 Å². The standard InChI is InChI=1S/C20H20FN3O3/c1-3-27-14-10-8-13(9-11-14)23-19(25)17-12(2)22-20(26)24-18(17)15-6-4-5-7-16(15)21/h4-11,18H,3H2,1-2H3,(H,23,25)(H2,22,24,26)/t18-/m0/s1. The minimum atomic E-state index is -0.886. The Morgan fingerprint density at radius 1 is 1.19 bits per heavy atom. The van der Waals surface area contributed by atoms with Gasteiger partial charge in [-0.2, -0.15) is 0 Å². The molecule has 0 radical (unpaired) electrons. The Morgan fingerprint density at radius 2 is 1.89 bits per heavy atom. The molecule has 1 aliphatic heterocycles. The van der Waals surface area contributed by atoms with E-state index in [0.29, 0.717) is 23.7 Å². The van der Waals surface area contributed by atoms with Crippen molar-refractivity contribution in [3.8, 4) is 5.75 Å². The highest BCUT2D eigenvalue weighted by molar-refractivity contribution is 6.06. The van der Waals surface area contributed by atoms with Gasteiger partial charge in [-0.05, 0) is 44.2 Å². The lowest BCUT2D eigenvalue weighted by Crippen LogP contribution is -2.46. The summed E-state index contributed by atoms with van der Waals surface area (Å²) >= 11 is 0. The molecule has 0 unspecified atom stereocenters. The van der Waals surface area contributed by atoms with Crippen LogP contribution in [0.15, 0.2) is 59.8 Å². The van der Waals surface area contributed by atoms with Gasteiger partial charge in [0.2, 0.25) is 0 Å². The van der Waals surface area contributed by atoms with E-state index in [2.05, 4.69) is 16.0 Å². The molecule has 0 saturated heterocycles. The minimum absolute atomic E-state index is 0.226. The summed E-state index contributed by atoms with van der Waals surface area (Å²) in [6.45, 7) is 4.05. The Kier molecular flexibility index (Phi) is 5.40. The van der Waals surface area contributed by atoms with E-state index in [9.17, 15) is 14.0 Å². The molecule has 7 heteroatoms. The van der Waals surface area contributed by atoms with Crippen molar-refractivity contribution in [1.82, 2.24) is 10.6 Å². The van der Waals surface area contributed by atoms with E-state index in [-0.39, 0.29) is 11.1 Å². The Labute approximate surface area is 156 Å². The molecule has 3 rings (SSSR count). The zero-order valence-corrected chi connectivity index (χ0v) is 15.0. The molecule has 0 fully saturated rings. The fourth-order valence-corrected chi connectivity index (χ4v) is 2.94. The monoisotopic (exact) mass is 369 g/mol. The molecule has 2 aromatic carbocycles.